The van der Waals surface area contributed by atoms with E-state index in [2.05, 4.69) is 5.32 Å². The molecular formula is C11H22N2O3. The van der Waals surface area contributed by atoms with Crippen LogP contribution in [-0.4, -0.2) is 47.6 Å². The quantitative estimate of drug-likeness (QED) is 0.670. The van der Waals surface area contributed by atoms with Gasteiger partial charge >= 0.3 is 5.97 Å². The molecule has 0 aromatic rings. The molecule has 0 aliphatic heterocycles. The first-order valence-electron chi connectivity index (χ1n) is 5.67. The summed E-state index contributed by atoms with van der Waals surface area (Å²) in [6.45, 7) is 8.64. The minimum atomic E-state index is -0.874. The van der Waals surface area contributed by atoms with Crippen LogP contribution in [-0.2, 0) is 9.59 Å². The maximum atomic E-state index is 11.4. The van der Waals surface area contributed by atoms with E-state index in [0.717, 1.165) is 0 Å². The molecule has 0 aliphatic rings. The molecule has 0 aromatic carbocycles. The van der Waals surface area contributed by atoms with Gasteiger partial charge in [-0.3, -0.25) is 14.5 Å². The smallest absolute Gasteiger partial charge is 0.321 e. The van der Waals surface area contributed by atoms with Crippen molar-refractivity contribution in [1.29, 1.82) is 0 Å². The highest BCUT2D eigenvalue weighted by Gasteiger charge is 2.28. The summed E-state index contributed by atoms with van der Waals surface area (Å²) in [5.41, 5.74) is 0. The Morgan fingerprint density at radius 3 is 2.19 bits per heavy atom. The zero-order valence-corrected chi connectivity index (χ0v) is 10.5. The first-order chi connectivity index (χ1) is 7.43. The molecule has 0 spiro atoms. The first kappa shape index (κ1) is 14.9. The standard InChI is InChI=1S/C11H22N2O3/c1-5-12-9(14)7-13(6-2)10(8(3)4)11(15)16/h8,10H,5-7H2,1-4H3,(H,12,14)(H,15,16). The molecule has 0 fully saturated rings. The van der Waals surface area contributed by atoms with Crippen molar-refractivity contribution in [2.45, 2.75) is 33.7 Å². The van der Waals surface area contributed by atoms with E-state index < -0.39 is 12.0 Å². The van der Waals surface area contributed by atoms with Gasteiger partial charge in [-0.25, -0.2) is 0 Å². The number of nitrogens with one attached hydrogen (secondary N) is 1. The summed E-state index contributed by atoms with van der Waals surface area (Å²) in [5, 5.41) is 11.8. The lowest BCUT2D eigenvalue weighted by Crippen LogP contribution is -2.49. The number of carbonyl (C=O) groups excluding carboxylic acids is 1. The van der Waals surface area contributed by atoms with Gasteiger partial charge in [0.25, 0.3) is 0 Å². The van der Waals surface area contributed by atoms with Gasteiger partial charge in [-0.1, -0.05) is 20.8 Å². The minimum absolute atomic E-state index is 0.0214. The molecule has 0 aliphatic carbocycles. The summed E-state index contributed by atoms with van der Waals surface area (Å²) in [4.78, 5) is 24.2. The van der Waals surface area contributed by atoms with Gasteiger partial charge in [0.15, 0.2) is 0 Å². The predicted octanol–water partition coefficient (Wildman–Crippen LogP) is 0.554. The highest BCUT2D eigenvalue weighted by Crippen LogP contribution is 2.10. The summed E-state index contributed by atoms with van der Waals surface area (Å²) >= 11 is 0. The van der Waals surface area contributed by atoms with Gasteiger partial charge in [-0.05, 0) is 19.4 Å². The van der Waals surface area contributed by atoms with Gasteiger partial charge < -0.3 is 10.4 Å². The van der Waals surface area contributed by atoms with Crippen LogP contribution in [0.2, 0.25) is 0 Å². The maximum Gasteiger partial charge on any atom is 0.321 e. The molecule has 2 N–H and O–H groups in total. The molecule has 16 heavy (non-hydrogen) atoms. The Balaban J connectivity index is 4.55. The number of carboxylic acids is 1. The summed E-state index contributed by atoms with van der Waals surface area (Å²) in [6.07, 6.45) is 0. The van der Waals surface area contributed by atoms with Crippen molar-refractivity contribution in [3.63, 3.8) is 0 Å². The van der Waals surface area contributed by atoms with Gasteiger partial charge in [0.05, 0.1) is 6.54 Å². The largest absolute Gasteiger partial charge is 0.480 e. The Hall–Kier alpha value is -1.10. The molecule has 0 rings (SSSR count). The SMILES string of the molecule is CCNC(=O)CN(CC)C(C(=O)O)C(C)C. The number of hydrogen-bond acceptors (Lipinski definition) is 3. The van der Waals surface area contributed by atoms with Crippen LogP contribution in [0.1, 0.15) is 27.7 Å². The van der Waals surface area contributed by atoms with E-state index in [1.165, 1.54) is 0 Å². The summed E-state index contributed by atoms with van der Waals surface area (Å²) in [7, 11) is 0. The van der Waals surface area contributed by atoms with Crippen LogP contribution in [0.3, 0.4) is 0 Å². The third kappa shape index (κ3) is 4.61. The molecular weight excluding hydrogens is 208 g/mol. The second-order valence-electron chi connectivity index (χ2n) is 4.04. The lowest BCUT2D eigenvalue weighted by Gasteiger charge is -2.29. The van der Waals surface area contributed by atoms with Crippen molar-refractivity contribution in [2.75, 3.05) is 19.6 Å². The van der Waals surface area contributed by atoms with E-state index in [4.69, 9.17) is 5.11 Å². The van der Waals surface area contributed by atoms with Crippen LogP contribution in [0.5, 0.6) is 0 Å². The molecule has 0 aromatic heterocycles. The van der Waals surface area contributed by atoms with Gasteiger partial charge in [0.1, 0.15) is 6.04 Å². The molecule has 0 saturated carbocycles. The average Bonchev–Trinajstić information content (AvgIpc) is 2.15. The fourth-order valence-corrected chi connectivity index (χ4v) is 1.71. The van der Waals surface area contributed by atoms with Crippen LogP contribution < -0.4 is 5.32 Å². The topological polar surface area (TPSA) is 69.6 Å². The molecule has 1 amide bonds. The Kier molecular flexibility index (Phi) is 6.72. The van der Waals surface area contributed by atoms with Gasteiger partial charge in [0, 0.05) is 6.54 Å². The Morgan fingerprint density at radius 2 is 1.88 bits per heavy atom. The number of carboxylic acid groups (broad SMARTS) is 1. The Morgan fingerprint density at radius 1 is 1.31 bits per heavy atom. The van der Waals surface area contributed by atoms with E-state index in [-0.39, 0.29) is 18.4 Å². The monoisotopic (exact) mass is 230 g/mol. The highest BCUT2D eigenvalue weighted by atomic mass is 16.4. The zero-order chi connectivity index (χ0) is 12.7. The lowest BCUT2D eigenvalue weighted by atomic mass is 10.0. The number of hydrogen-bond donors (Lipinski definition) is 2. The molecule has 5 heteroatoms. The number of nitrogens with zero attached hydrogens (tertiary/aromatic N) is 1. The Bertz CT molecular complexity index is 241. The van der Waals surface area contributed by atoms with E-state index in [1.807, 2.05) is 27.7 Å². The van der Waals surface area contributed by atoms with Crippen molar-refractivity contribution in [3.8, 4) is 0 Å². The fraction of sp³-hybridized carbons (Fsp3) is 0.818. The van der Waals surface area contributed by atoms with Gasteiger partial charge in [-0.15, -0.1) is 0 Å². The first-order valence-corrected chi connectivity index (χ1v) is 5.67. The van der Waals surface area contributed by atoms with Crippen LogP contribution in [0.15, 0.2) is 0 Å². The van der Waals surface area contributed by atoms with Crippen LogP contribution in [0.4, 0.5) is 0 Å². The molecule has 1 unspecified atom stereocenters. The zero-order valence-electron chi connectivity index (χ0n) is 10.5. The highest BCUT2D eigenvalue weighted by molar-refractivity contribution is 5.80. The normalized spacial score (nSPS) is 12.9. The molecule has 5 nitrogen and oxygen atoms in total. The summed E-state index contributed by atoms with van der Waals surface area (Å²) in [5.74, 6) is -1.02. The van der Waals surface area contributed by atoms with E-state index in [9.17, 15) is 9.59 Å². The van der Waals surface area contributed by atoms with Crippen molar-refractivity contribution in [3.05, 3.63) is 0 Å². The van der Waals surface area contributed by atoms with Gasteiger partial charge in [0.2, 0.25) is 5.91 Å². The predicted molar refractivity (Wildman–Crippen MR) is 62.2 cm³/mol. The molecule has 0 bridgehead atoms. The third-order valence-electron chi connectivity index (χ3n) is 2.40. The molecule has 0 saturated heterocycles. The van der Waals surface area contributed by atoms with Crippen molar-refractivity contribution >= 4 is 11.9 Å². The third-order valence-corrected chi connectivity index (χ3v) is 2.40. The Labute approximate surface area is 96.8 Å². The summed E-state index contributed by atoms with van der Waals surface area (Å²) < 4.78 is 0. The average molecular weight is 230 g/mol. The summed E-state index contributed by atoms with van der Waals surface area (Å²) in [6, 6.07) is -0.604. The lowest BCUT2D eigenvalue weighted by molar-refractivity contribution is -0.145. The number of aliphatic carboxylic acids is 1. The number of rotatable bonds is 7. The maximum absolute atomic E-state index is 11.4. The van der Waals surface area contributed by atoms with Crippen molar-refractivity contribution in [1.82, 2.24) is 10.2 Å². The number of carbonyl (C=O) groups is 2. The molecule has 1 atom stereocenters. The molecule has 0 radical (unpaired) electrons. The second-order valence-corrected chi connectivity index (χ2v) is 4.04. The van der Waals surface area contributed by atoms with Gasteiger partial charge in [-0.2, -0.15) is 0 Å². The van der Waals surface area contributed by atoms with Crippen molar-refractivity contribution < 1.29 is 14.7 Å². The molecule has 0 heterocycles. The van der Waals surface area contributed by atoms with Crippen LogP contribution >= 0.6 is 0 Å². The fourth-order valence-electron chi connectivity index (χ4n) is 1.71. The second kappa shape index (κ2) is 7.22. The van der Waals surface area contributed by atoms with E-state index in [1.54, 1.807) is 4.90 Å². The molecule has 94 valence electrons. The van der Waals surface area contributed by atoms with Crippen LogP contribution in [0.25, 0.3) is 0 Å². The number of amides is 1. The van der Waals surface area contributed by atoms with E-state index >= 15 is 0 Å². The van der Waals surface area contributed by atoms with Crippen LogP contribution in [0, 0.1) is 5.92 Å². The van der Waals surface area contributed by atoms with Crippen molar-refractivity contribution in [2.24, 2.45) is 5.92 Å². The minimum Gasteiger partial charge on any atom is -0.480 e. The van der Waals surface area contributed by atoms with E-state index in [0.29, 0.717) is 13.1 Å². The number of likely N-dealkylation sites (N-methyl/N-ethyl adjacent to an activating group) is 2.